The number of ether oxygens (including phenoxy) is 1. The Morgan fingerprint density at radius 3 is 2.32 bits per heavy atom. The van der Waals surface area contributed by atoms with E-state index in [9.17, 15) is 8.42 Å². The Morgan fingerprint density at radius 2 is 1.68 bits per heavy atom. The predicted octanol–water partition coefficient (Wildman–Crippen LogP) is 4.63. The van der Waals surface area contributed by atoms with E-state index in [1.807, 2.05) is 19.9 Å². The number of hydrogen-bond donors (Lipinski definition) is 1. The smallest absolute Gasteiger partial charge is 0.261 e. The first kappa shape index (κ1) is 21.0. The Balaban J connectivity index is 1.48. The summed E-state index contributed by atoms with van der Waals surface area (Å²) < 4.78 is 35.9. The number of halogens is 1. The predicted molar refractivity (Wildman–Crippen MR) is 120 cm³/mol. The van der Waals surface area contributed by atoms with Gasteiger partial charge in [0.05, 0.1) is 10.6 Å². The largest absolute Gasteiger partial charge is 0.439 e. The maximum Gasteiger partial charge on any atom is 0.261 e. The van der Waals surface area contributed by atoms with E-state index in [2.05, 4.69) is 35.7 Å². The van der Waals surface area contributed by atoms with E-state index in [0.717, 1.165) is 15.9 Å². The van der Waals surface area contributed by atoms with Crippen LogP contribution in [0.3, 0.4) is 0 Å². The number of sulfonamides is 1. The lowest BCUT2D eigenvalue weighted by Gasteiger charge is -2.10. The van der Waals surface area contributed by atoms with Crippen molar-refractivity contribution in [3.05, 3.63) is 82.9 Å². The maximum absolute atomic E-state index is 12.5. The van der Waals surface area contributed by atoms with E-state index in [4.69, 9.17) is 4.74 Å². The summed E-state index contributed by atoms with van der Waals surface area (Å²) in [6.07, 6.45) is 1.40. The summed E-state index contributed by atoms with van der Waals surface area (Å²) >= 11 is 3.29. The molecule has 0 atom stereocenters. The first-order valence-corrected chi connectivity index (χ1v) is 11.5. The number of rotatable bonds is 6. The second kappa shape index (κ2) is 8.48. The Bertz CT molecular complexity index is 1320. The van der Waals surface area contributed by atoms with Gasteiger partial charge >= 0.3 is 0 Å². The van der Waals surface area contributed by atoms with Gasteiger partial charge in [-0.25, -0.2) is 23.1 Å². The molecule has 0 spiro atoms. The molecular weight excluding hydrogens is 482 g/mol. The first-order valence-electron chi connectivity index (χ1n) is 9.22. The molecule has 2 heterocycles. The lowest BCUT2D eigenvalue weighted by atomic mass is 10.3. The summed E-state index contributed by atoms with van der Waals surface area (Å²) in [5.74, 6) is 1.44. The number of anilines is 1. The summed E-state index contributed by atoms with van der Waals surface area (Å²) in [7, 11) is -3.68. The third-order valence-electron chi connectivity index (χ3n) is 4.31. The van der Waals surface area contributed by atoms with Crippen molar-refractivity contribution in [1.82, 2.24) is 19.7 Å². The third-order valence-corrected chi connectivity index (χ3v) is 6.23. The first-order chi connectivity index (χ1) is 14.8. The van der Waals surface area contributed by atoms with E-state index in [1.165, 1.54) is 18.5 Å². The van der Waals surface area contributed by atoms with Crippen molar-refractivity contribution in [3.63, 3.8) is 0 Å². The molecule has 0 radical (unpaired) electrons. The second-order valence-electron chi connectivity index (χ2n) is 6.74. The topological polar surface area (TPSA) is 99.0 Å². The summed E-state index contributed by atoms with van der Waals surface area (Å²) in [6.45, 7) is 3.85. The highest BCUT2D eigenvalue weighted by Gasteiger charge is 2.14. The Morgan fingerprint density at radius 1 is 0.968 bits per heavy atom. The molecule has 0 bridgehead atoms. The quantitative estimate of drug-likeness (QED) is 0.415. The number of nitrogens with zero attached hydrogens (tertiary/aromatic N) is 4. The van der Waals surface area contributed by atoms with E-state index in [-0.39, 0.29) is 4.90 Å². The minimum Gasteiger partial charge on any atom is -0.439 e. The van der Waals surface area contributed by atoms with Crippen molar-refractivity contribution in [2.75, 3.05) is 4.72 Å². The molecule has 0 saturated heterocycles. The number of aryl methyl sites for hydroxylation is 2. The highest BCUT2D eigenvalue weighted by Crippen LogP contribution is 2.24. The molecule has 0 aliphatic rings. The van der Waals surface area contributed by atoms with Crippen molar-refractivity contribution >= 4 is 31.6 Å². The van der Waals surface area contributed by atoms with Crippen LogP contribution in [-0.4, -0.2) is 28.2 Å². The fourth-order valence-electron chi connectivity index (χ4n) is 2.90. The summed E-state index contributed by atoms with van der Waals surface area (Å²) in [5.41, 5.74) is 2.26. The monoisotopic (exact) mass is 499 g/mol. The molecule has 0 fully saturated rings. The van der Waals surface area contributed by atoms with Crippen LogP contribution in [0, 0.1) is 13.8 Å². The van der Waals surface area contributed by atoms with Crippen LogP contribution in [0.15, 0.2) is 76.4 Å². The second-order valence-corrected chi connectivity index (χ2v) is 9.34. The maximum atomic E-state index is 12.5. The van der Waals surface area contributed by atoms with E-state index in [0.29, 0.717) is 23.1 Å². The van der Waals surface area contributed by atoms with Crippen LogP contribution in [0.4, 0.5) is 5.69 Å². The van der Waals surface area contributed by atoms with Crippen LogP contribution < -0.4 is 9.46 Å². The standard InChI is InChI=1S/C21H18BrN5O3S/c1-14-11-15(2)27(25-14)20-12-21(24-13-23-20)30-18-7-5-17(6-8-18)26-31(28,29)19-9-3-16(22)4-10-19/h3-13,26H,1-2H3. The molecule has 1 N–H and O–H groups in total. The van der Waals surface area contributed by atoms with Gasteiger partial charge in [-0.15, -0.1) is 0 Å². The molecule has 158 valence electrons. The molecule has 4 aromatic rings. The van der Waals surface area contributed by atoms with E-state index < -0.39 is 10.0 Å². The molecular formula is C21H18BrN5O3S. The minimum atomic E-state index is -3.68. The molecule has 0 aliphatic carbocycles. The Hall–Kier alpha value is -3.24. The molecule has 8 nitrogen and oxygen atoms in total. The van der Waals surface area contributed by atoms with Gasteiger partial charge < -0.3 is 4.74 Å². The van der Waals surface area contributed by atoms with Crippen LogP contribution in [0.2, 0.25) is 0 Å². The summed E-state index contributed by atoms with van der Waals surface area (Å²) in [5, 5.41) is 4.41. The van der Waals surface area contributed by atoms with Gasteiger partial charge in [-0.3, -0.25) is 4.72 Å². The van der Waals surface area contributed by atoms with Crippen molar-refractivity contribution < 1.29 is 13.2 Å². The number of aromatic nitrogens is 4. The molecule has 10 heteroatoms. The Labute approximate surface area is 188 Å². The third kappa shape index (κ3) is 4.92. The van der Waals surface area contributed by atoms with Crippen molar-refractivity contribution in [2.45, 2.75) is 18.7 Å². The molecule has 2 aromatic heterocycles. The van der Waals surface area contributed by atoms with Gasteiger partial charge in [0.1, 0.15) is 12.1 Å². The number of benzene rings is 2. The van der Waals surface area contributed by atoms with Gasteiger partial charge in [0, 0.05) is 21.9 Å². The van der Waals surface area contributed by atoms with Gasteiger partial charge in [-0.05, 0) is 68.4 Å². The van der Waals surface area contributed by atoms with E-state index >= 15 is 0 Å². The highest BCUT2D eigenvalue weighted by atomic mass is 79.9. The zero-order valence-corrected chi connectivity index (χ0v) is 19.1. The molecule has 0 saturated carbocycles. The molecule has 0 unspecified atom stereocenters. The van der Waals surface area contributed by atoms with Crippen molar-refractivity contribution in [2.24, 2.45) is 0 Å². The molecule has 31 heavy (non-hydrogen) atoms. The zero-order valence-electron chi connectivity index (χ0n) is 16.7. The van der Waals surface area contributed by atoms with Crippen LogP contribution >= 0.6 is 15.9 Å². The van der Waals surface area contributed by atoms with Crippen LogP contribution in [0.1, 0.15) is 11.4 Å². The van der Waals surface area contributed by atoms with E-state index in [1.54, 1.807) is 47.1 Å². The average molecular weight is 500 g/mol. The van der Waals surface area contributed by atoms with Gasteiger partial charge in [-0.2, -0.15) is 5.10 Å². The zero-order chi connectivity index (χ0) is 22.0. The lowest BCUT2D eigenvalue weighted by molar-refractivity contribution is 0.460. The van der Waals surface area contributed by atoms with Gasteiger partial charge in [0.25, 0.3) is 10.0 Å². The number of hydrogen-bond acceptors (Lipinski definition) is 6. The fraction of sp³-hybridized carbons (Fsp3) is 0.0952. The molecule has 0 amide bonds. The summed E-state index contributed by atoms with van der Waals surface area (Å²) in [4.78, 5) is 8.55. The molecule has 4 rings (SSSR count). The van der Waals surface area contributed by atoms with Gasteiger partial charge in [0.2, 0.25) is 5.88 Å². The SMILES string of the molecule is Cc1cc(C)n(-c2cc(Oc3ccc(NS(=O)(=O)c4ccc(Br)cc4)cc3)ncn2)n1. The van der Waals surface area contributed by atoms with Crippen molar-refractivity contribution in [3.8, 4) is 17.4 Å². The highest BCUT2D eigenvalue weighted by molar-refractivity contribution is 9.10. The average Bonchev–Trinajstić information content (AvgIpc) is 3.08. The fourth-order valence-corrected chi connectivity index (χ4v) is 4.22. The van der Waals surface area contributed by atoms with Gasteiger partial charge in [-0.1, -0.05) is 15.9 Å². The van der Waals surface area contributed by atoms with Crippen LogP contribution in [0.25, 0.3) is 5.82 Å². The molecule has 0 aliphatic heterocycles. The normalized spacial score (nSPS) is 11.3. The Kier molecular flexibility index (Phi) is 5.75. The minimum absolute atomic E-state index is 0.175. The lowest BCUT2D eigenvalue weighted by Crippen LogP contribution is -2.12. The summed E-state index contributed by atoms with van der Waals surface area (Å²) in [6, 6.07) is 16.6. The van der Waals surface area contributed by atoms with Crippen LogP contribution in [-0.2, 0) is 10.0 Å². The number of nitrogens with one attached hydrogen (secondary N) is 1. The van der Waals surface area contributed by atoms with Crippen LogP contribution in [0.5, 0.6) is 11.6 Å². The molecule has 2 aromatic carbocycles. The van der Waals surface area contributed by atoms with Crippen molar-refractivity contribution in [1.29, 1.82) is 0 Å². The van der Waals surface area contributed by atoms with Gasteiger partial charge in [0.15, 0.2) is 5.82 Å².